The number of carbonyl (C=O) groups is 2. The van der Waals surface area contributed by atoms with Crippen molar-refractivity contribution < 1.29 is 23.7 Å². The van der Waals surface area contributed by atoms with E-state index >= 15 is 0 Å². The van der Waals surface area contributed by atoms with Crippen molar-refractivity contribution in [3.8, 4) is 17.1 Å². The Morgan fingerprint density at radius 1 is 1.12 bits per heavy atom. The number of thioether (sulfide) groups is 1. The minimum atomic E-state index is -0.444. The summed E-state index contributed by atoms with van der Waals surface area (Å²) in [6.07, 6.45) is 1.50. The molecule has 0 N–H and O–H groups in total. The van der Waals surface area contributed by atoms with E-state index in [0.717, 1.165) is 16.7 Å². The number of rotatable bonds is 7. The van der Waals surface area contributed by atoms with Gasteiger partial charge in [-0.05, 0) is 43.0 Å². The van der Waals surface area contributed by atoms with Gasteiger partial charge >= 0.3 is 0 Å². The summed E-state index contributed by atoms with van der Waals surface area (Å²) in [5.41, 5.74) is 1.10. The lowest BCUT2D eigenvalue weighted by Crippen LogP contribution is -2.32. The molecule has 9 heteroatoms. The van der Waals surface area contributed by atoms with Crippen LogP contribution in [0.25, 0.3) is 17.4 Å². The highest BCUT2D eigenvalue weighted by molar-refractivity contribution is 8.18. The van der Waals surface area contributed by atoms with E-state index in [2.05, 4.69) is 0 Å². The molecule has 0 radical (unpaired) electrons. The minimum Gasteiger partial charge on any atom is -0.492 e. The third kappa shape index (κ3) is 4.57. The molecule has 32 heavy (non-hydrogen) atoms. The second kappa shape index (κ2) is 9.11. The number of nitro benzene ring substituents is 1. The molecule has 0 atom stereocenters. The molecule has 0 spiro atoms. The van der Waals surface area contributed by atoms with Crippen molar-refractivity contribution in [2.75, 3.05) is 13.2 Å². The molecule has 3 aromatic rings. The van der Waals surface area contributed by atoms with E-state index in [4.69, 9.17) is 9.15 Å². The Labute approximate surface area is 187 Å². The largest absolute Gasteiger partial charge is 0.492 e. The average molecular weight is 450 g/mol. The van der Waals surface area contributed by atoms with Crippen LogP contribution in [0.3, 0.4) is 0 Å². The van der Waals surface area contributed by atoms with Gasteiger partial charge in [0.1, 0.15) is 23.9 Å². The molecule has 0 bridgehead atoms. The van der Waals surface area contributed by atoms with Crippen molar-refractivity contribution >= 4 is 34.7 Å². The Bertz CT molecular complexity index is 1220. The molecule has 1 aliphatic rings. The molecule has 162 valence electrons. The van der Waals surface area contributed by atoms with E-state index in [-0.39, 0.29) is 29.0 Å². The first kappa shape index (κ1) is 21.4. The number of aryl methyl sites for hydroxylation is 1. The zero-order valence-electron chi connectivity index (χ0n) is 17.0. The van der Waals surface area contributed by atoms with E-state index < -0.39 is 10.8 Å². The molecular formula is C23H18N2O6S. The fourth-order valence-electron chi connectivity index (χ4n) is 3.14. The van der Waals surface area contributed by atoms with E-state index in [1.165, 1.54) is 12.1 Å². The van der Waals surface area contributed by atoms with Crippen LogP contribution in [0.4, 0.5) is 10.5 Å². The summed E-state index contributed by atoms with van der Waals surface area (Å²) in [4.78, 5) is 37.0. The number of carbonyl (C=O) groups excluding carboxylic acids is 2. The van der Waals surface area contributed by atoms with Crippen LogP contribution in [0.2, 0.25) is 0 Å². The number of hydrogen-bond donors (Lipinski definition) is 0. The van der Waals surface area contributed by atoms with E-state index in [1.54, 1.807) is 43.3 Å². The lowest BCUT2D eigenvalue weighted by Gasteiger charge is -2.13. The van der Waals surface area contributed by atoms with Crippen LogP contribution < -0.4 is 4.74 Å². The Morgan fingerprint density at radius 3 is 2.66 bits per heavy atom. The Hall–Kier alpha value is -3.85. The summed E-state index contributed by atoms with van der Waals surface area (Å²) >= 11 is 0.830. The minimum absolute atomic E-state index is 0.000656. The third-order valence-electron chi connectivity index (χ3n) is 4.79. The highest BCUT2D eigenvalue weighted by Crippen LogP contribution is 2.34. The highest BCUT2D eigenvalue weighted by Gasteiger charge is 2.35. The number of furan rings is 1. The van der Waals surface area contributed by atoms with Crippen LogP contribution in [0.5, 0.6) is 5.75 Å². The fraction of sp³-hybridized carbons (Fsp3) is 0.130. The van der Waals surface area contributed by atoms with E-state index in [9.17, 15) is 19.7 Å². The van der Waals surface area contributed by atoms with Gasteiger partial charge in [0.15, 0.2) is 0 Å². The second-order valence-electron chi connectivity index (χ2n) is 6.96. The topological polar surface area (TPSA) is 103 Å². The van der Waals surface area contributed by atoms with Gasteiger partial charge in [0.2, 0.25) is 0 Å². The van der Waals surface area contributed by atoms with Crippen LogP contribution in [-0.2, 0) is 4.79 Å². The number of hydrogen-bond acceptors (Lipinski definition) is 7. The fourth-order valence-corrected chi connectivity index (χ4v) is 3.98. The first-order valence-electron chi connectivity index (χ1n) is 9.71. The molecule has 2 amide bonds. The molecule has 1 aliphatic heterocycles. The predicted molar refractivity (Wildman–Crippen MR) is 120 cm³/mol. The number of amides is 2. The van der Waals surface area contributed by atoms with Gasteiger partial charge in [-0.1, -0.05) is 30.3 Å². The smallest absolute Gasteiger partial charge is 0.293 e. The zero-order valence-corrected chi connectivity index (χ0v) is 17.8. The molecule has 2 heterocycles. The Morgan fingerprint density at radius 2 is 1.91 bits per heavy atom. The van der Waals surface area contributed by atoms with Gasteiger partial charge in [-0.3, -0.25) is 24.6 Å². The van der Waals surface area contributed by atoms with Gasteiger partial charge in [-0.25, -0.2) is 0 Å². The van der Waals surface area contributed by atoms with Gasteiger partial charge in [0.05, 0.1) is 16.4 Å². The monoisotopic (exact) mass is 450 g/mol. The van der Waals surface area contributed by atoms with Crippen LogP contribution in [0.15, 0.2) is 70.0 Å². The number of para-hydroxylation sites is 1. The molecule has 1 saturated heterocycles. The van der Waals surface area contributed by atoms with Crippen molar-refractivity contribution in [2.24, 2.45) is 0 Å². The summed E-state index contributed by atoms with van der Waals surface area (Å²) < 4.78 is 11.3. The van der Waals surface area contributed by atoms with Crippen molar-refractivity contribution in [1.29, 1.82) is 0 Å². The van der Waals surface area contributed by atoms with Crippen molar-refractivity contribution in [3.05, 3.63) is 87.0 Å². The highest BCUT2D eigenvalue weighted by atomic mass is 32.2. The van der Waals surface area contributed by atoms with Gasteiger partial charge in [-0.2, -0.15) is 0 Å². The quantitative estimate of drug-likeness (QED) is 0.274. The summed E-state index contributed by atoms with van der Waals surface area (Å²) in [5, 5.41) is 10.8. The Balaban J connectivity index is 1.45. The average Bonchev–Trinajstić information content (AvgIpc) is 3.34. The molecule has 0 unspecified atom stereocenters. The van der Waals surface area contributed by atoms with Crippen LogP contribution >= 0.6 is 11.8 Å². The standard InChI is InChI=1S/C23H18N2O6S/c1-15-7-8-16(13-19(15)25(28)29)20-10-9-18(31-20)14-21-22(26)24(23(27)32-21)11-12-30-17-5-3-2-4-6-17/h2-10,13-14H,11-12H2,1H3/b21-14-. The summed E-state index contributed by atoms with van der Waals surface area (Å²) in [6, 6.07) is 17.3. The molecule has 4 rings (SSSR count). The maximum atomic E-state index is 12.6. The van der Waals surface area contributed by atoms with Crippen LogP contribution in [0, 0.1) is 17.0 Å². The second-order valence-corrected chi connectivity index (χ2v) is 7.95. The predicted octanol–water partition coefficient (Wildman–Crippen LogP) is 5.28. The number of imide groups is 1. The summed E-state index contributed by atoms with van der Waals surface area (Å²) in [6.45, 7) is 1.98. The molecule has 0 aliphatic carbocycles. The molecule has 0 saturated carbocycles. The number of benzene rings is 2. The van der Waals surface area contributed by atoms with Gasteiger partial charge in [0.25, 0.3) is 16.8 Å². The zero-order chi connectivity index (χ0) is 22.7. The van der Waals surface area contributed by atoms with E-state index in [0.29, 0.717) is 28.4 Å². The SMILES string of the molecule is Cc1ccc(-c2ccc(/C=C3\SC(=O)N(CCOc4ccccc4)C3=O)o2)cc1[N+](=O)[O-]. The van der Waals surface area contributed by atoms with Gasteiger partial charge < -0.3 is 9.15 Å². The van der Waals surface area contributed by atoms with Crippen molar-refractivity contribution in [2.45, 2.75) is 6.92 Å². The van der Waals surface area contributed by atoms with Crippen molar-refractivity contribution in [3.63, 3.8) is 0 Å². The molecule has 1 fully saturated rings. The maximum Gasteiger partial charge on any atom is 0.293 e. The number of nitro groups is 1. The van der Waals surface area contributed by atoms with Crippen LogP contribution in [-0.4, -0.2) is 34.1 Å². The maximum absolute atomic E-state index is 12.6. The molecule has 8 nitrogen and oxygen atoms in total. The van der Waals surface area contributed by atoms with Gasteiger partial charge in [-0.15, -0.1) is 0 Å². The first-order valence-corrected chi connectivity index (χ1v) is 10.5. The number of nitrogens with zero attached hydrogens (tertiary/aromatic N) is 2. The van der Waals surface area contributed by atoms with Crippen LogP contribution in [0.1, 0.15) is 11.3 Å². The van der Waals surface area contributed by atoms with E-state index in [1.807, 2.05) is 18.2 Å². The van der Waals surface area contributed by atoms with Crippen molar-refractivity contribution in [1.82, 2.24) is 4.90 Å². The number of ether oxygens (including phenoxy) is 1. The lowest BCUT2D eigenvalue weighted by molar-refractivity contribution is -0.385. The van der Waals surface area contributed by atoms with Gasteiger partial charge in [0, 0.05) is 23.3 Å². The first-order chi connectivity index (χ1) is 15.4. The Kier molecular flexibility index (Phi) is 6.09. The third-order valence-corrected chi connectivity index (χ3v) is 5.70. The summed E-state index contributed by atoms with van der Waals surface area (Å²) in [7, 11) is 0. The summed E-state index contributed by atoms with van der Waals surface area (Å²) in [5.74, 6) is 1.04. The lowest BCUT2D eigenvalue weighted by atomic mass is 10.1. The molecular weight excluding hydrogens is 432 g/mol. The molecule has 2 aromatic carbocycles. The molecule has 1 aromatic heterocycles. The normalized spacial score (nSPS) is 14.9.